The number of rotatable bonds is 4. The Kier molecular flexibility index (Phi) is 5.46. The maximum atomic E-state index is 5.79. The van der Waals surface area contributed by atoms with Crippen LogP contribution in [0.5, 0.6) is 0 Å². The van der Waals surface area contributed by atoms with Crippen molar-refractivity contribution in [1.29, 1.82) is 0 Å². The average molecular weight is 301 g/mol. The highest BCUT2D eigenvalue weighted by atomic mass is 16.5. The Hall–Kier alpha value is -1.12. The topological polar surface area (TPSA) is 12.5 Å². The summed E-state index contributed by atoms with van der Waals surface area (Å²) in [5.41, 5.74) is 4.24. The molecule has 1 aromatic carbocycles. The summed E-state index contributed by atoms with van der Waals surface area (Å²) in [5, 5.41) is 0. The molecule has 0 saturated carbocycles. The molecule has 0 bridgehead atoms. The zero-order chi connectivity index (χ0) is 16.3. The number of nitrogens with zero attached hydrogens (tertiary/aromatic N) is 1. The maximum absolute atomic E-state index is 5.79. The summed E-state index contributed by atoms with van der Waals surface area (Å²) in [6.45, 7) is 18.3. The Labute approximate surface area is 136 Å². The molecule has 2 rings (SSSR count). The second kappa shape index (κ2) is 6.97. The Balaban J connectivity index is 1.89. The Morgan fingerprint density at radius 3 is 2.18 bits per heavy atom. The summed E-state index contributed by atoms with van der Waals surface area (Å²) >= 11 is 0. The smallest absolute Gasteiger partial charge is 0.0678 e. The standard InChI is InChI=1S/C20H31NO/c1-15(12-21-13-16(2)22-17(3)14-21)11-18-7-9-19(10-8-18)20(4,5)6/h7-10,16-17H,1,11-14H2,2-6H3. The van der Waals surface area contributed by atoms with Crippen LogP contribution in [0, 0.1) is 0 Å². The molecular weight excluding hydrogens is 270 g/mol. The van der Waals surface area contributed by atoms with Gasteiger partial charge in [-0.3, -0.25) is 4.90 Å². The van der Waals surface area contributed by atoms with Gasteiger partial charge in [-0.05, 0) is 36.8 Å². The van der Waals surface area contributed by atoms with Crippen LogP contribution < -0.4 is 0 Å². The minimum Gasteiger partial charge on any atom is -0.373 e. The summed E-state index contributed by atoms with van der Waals surface area (Å²) in [5.74, 6) is 0. The first-order valence-electron chi connectivity index (χ1n) is 8.38. The van der Waals surface area contributed by atoms with E-state index < -0.39 is 0 Å². The van der Waals surface area contributed by atoms with Crippen LogP contribution in [0.2, 0.25) is 0 Å². The molecule has 2 nitrogen and oxygen atoms in total. The SMILES string of the molecule is C=C(Cc1ccc(C(C)(C)C)cc1)CN1CC(C)OC(C)C1. The van der Waals surface area contributed by atoms with Gasteiger partial charge in [0.25, 0.3) is 0 Å². The lowest BCUT2D eigenvalue weighted by Gasteiger charge is -2.35. The van der Waals surface area contributed by atoms with Crippen molar-refractivity contribution in [1.82, 2.24) is 4.90 Å². The molecule has 2 heteroatoms. The Morgan fingerprint density at radius 1 is 1.14 bits per heavy atom. The van der Waals surface area contributed by atoms with Crippen molar-refractivity contribution in [3.63, 3.8) is 0 Å². The van der Waals surface area contributed by atoms with Gasteiger partial charge in [-0.1, -0.05) is 57.2 Å². The Morgan fingerprint density at radius 2 is 1.68 bits per heavy atom. The molecule has 22 heavy (non-hydrogen) atoms. The molecule has 0 aliphatic carbocycles. The molecular formula is C20H31NO. The van der Waals surface area contributed by atoms with Crippen LogP contribution in [0.3, 0.4) is 0 Å². The lowest BCUT2D eigenvalue weighted by atomic mass is 9.86. The fraction of sp³-hybridized carbons (Fsp3) is 0.600. The van der Waals surface area contributed by atoms with Gasteiger partial charge in [0.1, 0.15) is 0 Å². The van der Waals surface area contributed by atoms with Crippen molar-refractivity contribution >= 4 is 0 Å². The van der Waals surface area contributed by atoms with Crippen molar-refractivity contribution in [2.45, 2.75) is 58.7 Å². The van der Waals surface area contributed by atoms with E-state index in [0.717, 1.165) is 26.1 Å². The molecule has 122 valence electrons. The first kappa shape index (κ1) is 17.2. The van der Waals surface area contributed by atoms with Gasteiger partial charge in [0.05, 0.1) is 12.2 Å². The zero-order valence-corrected chi connectivity index (χ0v) is 14.9. The third-order valence-electron chi connectivity index (χ3n) is 4.22. The van der Waals surface area contributed by atoms with Crippen LogP contribution in [0.4, 0.5) is 0 Å². The quantitative estimate of drug-likeness (QED) is 0.773. The van der Waals surface area contributed by atoms with Gasteiger partial charge in [0.2, 0.25) is 0 Å². The van der Waals surface area contributed by atoms with E-state index in [4.69, 9.17) is 4.74 Å². The predicted molar refractivity (Wildman–Crippen MR) is 94.4 cm³/mol. The van der Waals surface area contributed by atoms with E-state index in [9.17, 15) is 0 Å². The monoisotopic (exact) mass is 301 g/mol. The minimum atomic E-state index is 0.218. The molecule has 1 aliphatic heterocycles. The summed E-state index contributed by atoms with van der Waals surface area (Å²) < 4.78 is 5.79. The summed E-state index contributed by atoms with van der Waals surface area (Å²) in [6.07, 6.45) is 1.61. The number of ether oxygens (including phenoxy) is 1. The predicted octanol–water partition coefficient (Wildman–Crippen LogP) is 4.19. The van der Waals surface area contributed by atoms with Crippen molar-refractivity contribution in [2.75, 3.05) is 19.6 Å². The largest absolute Gasteiger partial charge is 0.373 e. The molecule has 0 aromatic heterocycles. The third kappa shape index (κ3) is 4.96. The number of hydrogen-bond acceptors (Lipinski definition) is 2. The molecule has 1 aliphatic rings. The first-order chi connectivity index (χ1) is 10.2. The fourth-order valence-corrected chi connectivity index (χ4v) is 3.20. The van der Waals surface area contributed by atoms with Gasteiger partial charge in [-0.2, -0.15) is 0 Å². The highest BCUT2D eigenvalue weighted by Gasteiger charge is 2.22. The van der Waals surface area contributed by atoms with E-state index in [1.54, 1.807) is 0 Å². The molecule has 1 aromatic rings. The fourth-order valence-electron chi connectivity index (χ4n) is 3.20. The molecule has 0 amide bonds. The van der Waals surface area contributed by atoms with E-state index in [1.807, 2.05) is 0 Å². The average Bonchev–Trinajstić information content (AvgIpc) is 2.36. The zero-order valence-electron chi connectivity index (χ0n) is 14.9. The lowest BCUT2D eigenvalue weighted by molar-refractivity contribution is -0.0653. The van der Waals surface area contributed by atoms with Crippen LogP contribution >= 0.6 is 0 Å². The van der Waals surface area contributed by atoms with Gasteiger partial charge < -0.3 is 4.74 Å². The second-order valence-electron chi connectivity index (χ2n) is 7.83. The van der Waals surface area contributed by atoms with E-state index in [0.29, 0.717) is 12.2 Å². The van der Waals surface area contributed by atoms with Gasteiger partial charge in [0, 0.05) is 19.6 Å². The van der Waals surface area contributed by atoms with Gasteiger partial charge in [-0.15, -0.1) is 0 Å². The van der Waals surface area contributed by atoms with Crippen molar-refractivity contribution < 1.29 is 4.74 Å². The molecule has 1 fully saturated rings. The number of benzene rings is 1. The molecule has 0 spiro atoms. The third-order valence-corrected chi connectivity index (χ3v) is 4.22. The minimum absolute atomic E-state index is 0.218. The first-order valence-corrected chi connectivity index (χ1v) is 8.38. The molecule has 1 heterocycles. The van der Waals surface area contributed by atoms with Gasteiger partial charge in [-0.25, -0.2) is 0 Å². The van der Waals surface area contributed by atoms with Gasteiger partial charge in [0.15, 0.2) is 0 Å². The molecule has 0 N–H and O–H groups in total. The summed E-state index contributed by atoms with van der Waals surface area (Å²) in [6, 6.07) is 9.00. The van der Waals surface area contributed by atoms with Gasteiger partial charge >= 0.3 is 0 Å². The highest BCUT2D eigenvalue weighted by molar-refractivity contribution is 5.29. The summed E-state index contributed by atoms with van der Waals surface area (Å²) in [7, 11) is 0. The molecule has 0 radical (unpaired) electrons. The summed E-state index contributed by atoms with van der Waals surface area (Å²) in [4.78, 5) is 2.46. The van der Waals surface area contributed by atoms with Crippen molar-refractivity contribution in [3.8, 4) is 0 Å². The van der Waals surface area contributed by atoms with Crippen molar-refractivity contribution in [2.24, 2.45) is 0 Å². The lowest BCUT2D eigenvalue weighted by Crippen LogP contribution is -2.46. The number of morpholine rings is 1. The van der Waals surface area contributed by atoms with Crippen molar-refractivity contribution in [3.05, 3.63) is 47.5 Å². The molecule has 2 atom stereocenters. The van der Waals surface area contributed by atoms with Crippen LogP contribution in [0.25, 0.3) is 0 Å². The molecule has 2 unspecified atom stereocenters. The maximum Gasteiger partial charge on any atom is 0.0678 e. The van der Waals surface area contributed by atoms with E-state index in [-0.39, 0.29) is 5.41 Å². The van der Waals surface area contributed by atoms with Crippen LogP contribution in [0.15, 0.2) is 36.4 Å². The Bertz CT molecular complexity index is 487. The second-order valence-corrected chi connectivity index (χ2v) is 7.83. The molecule has 1 saturated heterocycles. The highest BCUT2D eigenvalue weighted by Crippen LogP contribution is 2.23. The van der Waals surface area contributed by atoms with E-state index in [1.165, 1.54) is 16.7 Å². The van der Waals surface area contributed by atoms with Crippen LogP contribution in [-0.4, -0.2) is 36.7 Å². The van der Waals surface area contributed by atoms with Crippen LogP contribution in [-0.2, 0) is 16.6 Å². The normalized spacial score (nSPS) is 23.5. The van der Waals surface area contributed by atoms with E-state index in [2.05, 4.69) is 70.4 Å². The van der Waals surface area contributed by atoms with E-state index >= 15 is 0 Å². The number of hydrogen-bond donors (Lipinski definition) is 0. The van der Waals surface area contributed by atoms with Crippen LogP contribution in [0.1, 0.15) is 45.7 Å².